The first-order valence-corrected chi connectivity index (χ1v) is 7.18. The maximum Gasteiger partial charge on any atom is 0.0939 e. The van der Waals surface area contributed by atoms with Crippen LogP contribution in [0.4, 0.5) is 0 Å². The van der Waals surface area contributed by atoms with Crippen molar-refractivity contribution in [3.8, 4) is 0 Å². The molecule has 0 bridgehead atoms. The van der Waals surface area contributed by atoms with Gasteiger partial charge in [0, 0.05) is 7.11 Å². The van der Waals surface area contributed by atoms with E-state index in [0.717, 1.165) is 12.0 Å². The number of benzene rings is 2. The maximum atomic E-state index is 5.83. The molecule has 0 amide bonds. The third-order valence-electron chi connectivity index (χ3n) is 3.75. The highest BCUT2D eigenvalue weighted by Gasteiger charge is 2.28. The van der Waals surface area contributed by atoms with Crippen LogP contribution in [0.5, 0.6) is 0 Å². The number of ether oxygens (including phenoxy) is 1. The molecular weight excluding hydrogens is 256 g/mol. The molecule has 0 spiro atoms. The molecule has 1 nitrogen and oxygen atoms in total. The Hall–Kier alpha value is -2.12. The van der Waals surface area contributed by atoms with E-state index < -0.39 is 0 Å². The van der Waals surface area contributed by atoms with Gasteiger partial charge in [-0.1, -0.05) is 66.7 Å². The fraction of sp³-hybridized carbons (Fsp3) is 0.200. The highest BCUT2D eigenvalue weighted by Crippen LogP contribution is 2.34. The SMILES string of the molecule is C=CCC(C)(OC)C(=Cc1ccccc1)c1ccccc1. The molecule has 21 heavy (non-hydrogen) atoms. The molecule has 0 heterocycles. The highest BCUT2D eigenvalue weighted by molar-refractivity contribution is 5.86. The predicted molar refractivity (Wildman–Crippen MR) is 91.0 cm³/mol. The number of rotatable bonds is 6. The molecule has 0 saturated heterocycles. The van der Waals surface area contributed by atoms with Crippen molar-refractivity contribution in [1.29, 1.82) is 0 Å². The summed E-state index contributed by atoms with van der Waals surface area (Å²) >= 11 is 0. The zero-order valence-corrected chi connectivity index (χ0v) is 12.8. The maximum absolute atomic E-state index is 5.83. The van der Waals surface area contributed by atoms with Crippen molar-refractivity contribution < 1.29 is 4.74 Å². The standard InChI is InChI=1S/C20H22O/c1-4-15-20(2,21-3)19(18-13-9-6-10-14-18)16-17-11-7-5-8-12-17/h4-14,16H,1,15H2,2-3H3. The molecule has 0 fully saturated rings. The minimum atomic E-state index is -0.390. The molecule has 0 N–H and O–H groups in total. The fourth-order valence-electron chi connectivity index (χ4n) is 2.45. The van der Waals surface area contributed by atoms with Crippen LogP contribution in [-0.4, -0.2) is 12.7 Å². The summed E-state index contributed by atoms with van der Waals surface area (Å²) in [7, 11) is 1.76. The quantitative estimate of drug-likeness (QED) is 0.520. The van der Waals surface area contributed by atoms with Crippen molar-refractivity contribution in [2.75, 3.05) is 7.11 Å². The van der Waals surface area contributed by atoms with Crippen LogP contribution in [0.2, 0.25) is 0 Å². The molecule has 1 heteroatoms. The molecule has 0 aliphatic rings. The van der Waals surface area contributed by atoms with Gasteiger partial charge in [0.25, 0.3) is 0 Å². The Bertz CT molecular complexity index is 598. The van der Waals surface area contributed by atoms with Crippen molar-refractivity contribution in [2.24, 2.45) is 0 Å². The number of methoxy groups -OCH3 is 1. The van der Waals surface area contributed by atoms with Crippen LogP contribution in [0, 0.1) is 0 Å². The lowest BCUT2D eigenvalue weighted by molar-refractivity contribution is 0.0611. The smallest absolute Gasteiger partial charge is 0.0939 e. The van der Waals surface area contributed by atoms with E-state index in [1.807, 2.05) is 30.3 Å². The van der Waals surface area contributed by atoms with Crippen molar-refractivity contribution in [1.82, 2.24) is 0 Å². The van der Waals surface area contributed by atoms with E-state index in [-0.39, 0.29) is 5.60 Å². The van der Waals surface area contributed by atoms with Gasteiger partial charge in [0.05, 0.1) is 5.60 Å². The van der Waals surface area contributed by atoms with Gasteiger partial charge in [-0.05, 0) is 36.1 Å². The van der Waals surface area contributed by atoms with Gasteiger partial charge in [-0.2, -0.15) is 0 Å². The second kappa shape index (κ2) is 7.05. The Kier molecular flexibility index (Phi) is 5.13. The molecule has 108 valence electrons. The summed E-state index contributed by atoms with van der Waals surface area (Å²) in [6.45, 7) is 5.98. The minimum Gasteiger partial charge on any atom is -0.373 e. The molecule has 0 aromatic heterocycles. The second-order valence-electron chi connectivity index (χ2n) is 5.26. The lowest BCUT2D eigenvalue weighted by Crippen LogP contribution is -2.28. The van der Waals surface area contributed by atoms with Crippen LogP contribution >= 0.6 is 0 Å². The van der Waals surface area contributed by atoms with E-state index in [1.165, 1.54) is 11.1 Å². The summed E-state index contributed by atoms with van der Waals surface area (Å²) in [6.07, 6.45) is 4.87. The van der Waals surface area contributed by atoms with Gasteiger partial charge >= 0.3 is 0 Å². The Morgan fingerprint density at radius 1 is 1.05 bits per heavy atom. The third kappa shape index (κ3) is 3.71. The van der Waals surface area contributed by atoms with E-state index >= 15 is 0 Å². The molecule has 2 aromatic carbocycles. The Labute approximate surface area is 127 Å². The van der Waals surface area contributed by atoms with E-state index in [1.54, 1.807) is 7.11 Å². The summed E-state index contributed by atoms with van der Waals surface area (Å²) < 4.78 is 5.83. The van der Waals surface area contributed by atoms with Crippen molar-refractivity contribution >= 4 is 11.6 Å². The Morgan fingerprint density at radius 2 is 1.62 bits per heavy atom. The first kappa shape index (κ1) is 15.3. The van der Waals surface area contributed by atoms with Crippen molar-refractivity contribution in [3.63, 3.8) is 0 Å². The number of hydrogen-bond donors (Lipinski definition) is 0. The lowest BCUT2D eigenvalue weighted by atomic mass is 9.85. The van der Waals surface area contributed by atoms with Gasteiger partial charge in [-0.25, -0.2) is 0 Å². The summed E-state index contributed by atoms with van der Waals surface area (Å²) in [5, 5.41) is 0. The predicted octanol–water partition coefficient (Wildman–Crippen LogP) is 5.21. The van der Waals surface area contributed by atoms with Crippen LogP contribution in [0.3, 0.4) is 0 Å². The molecular formula is C20H22O. The Balaban J connectivity index is 2.54. The summed E-state index contributed by atoms with van der Waals surface area (Å²) in [6, 6.07) is 20.7. The van der Waals surface area contributed by atoms with Gasteiger partial charge in [-0.3, -0.25) is 0 Å². The third-order valence-corrected chi connectivity index (χ3v) is 3.75. The minimum absolute atomic E-state index is 0.390. The largest absolute Gasteiger partial charge is 0.373 e. The van der Waals surface area contributed by atoms with Crippen LogP contribution in [0.15, 0.2) is 73.3 Å². The van der Waals surface area contributed by atoms with Gasteiger partial charge in [0.15, 0.2) is 0 Å². The molecule has 2 rings (SSSR count). The van der Waals surface area contributed by atoms with Crippen LogP contribution in [0.25, 0.3) is 11.6 Å². The average Bonchev–Trinajstić information content (AvgIpc) is 2.54. The number of hydrogen-bond acceptors (Lipinski definition) is 1. The molecule has 1 unspecified atom stereocenters. The van der Waals surface area contributed by atoms with Crippen molar-refractivity contribution in [2.45, 2.75) is 18.9 Å². The van der Waals surface area contributed by atoms with E-state index in [4.69, 9.17) is 4.74 Å². The van der Waals surface area contributed by atoms with Crippen LogP contribution in [-0.2, 0) is 4.74 Å². The highest BCUT2D eigenvalue weighted by atomic mass is 16.5. The molecule has 0 saturated carbocycles. The zero-order chi connectivity index (χ0) is 15.1. The lowest BCUT2D eigenvalue weighted by Gasteiger charge is -2.30. The van der Waals surface area contributed by atoms with E-state index in [2.05, 4.69) is 56.0 Å². The summed E-state index contributed by atoms with van der Waals surface area (Å²) in [5.74, 6) is 0. The zero-order valence-electron chi connectivity index (χ0n) is 12.8. The molecule has 2 aromatic rings. The van der Waals surface area contributed by atoms with Crippen LogP contribution in [0.1, 0.15) is 24.5 Å². The van der Waals surface area contributed by atoms with Gasteiger partial charge in [0.2, 0.25) is 0 Å². The molecule has 0 radical (unpaired) electrons. The normalized spacial score (nSPS) is 14.5. The topological polar surface area (TPSA) is 9.23 Å². The Morgan fingerprint density at radius 3 is 2.14 bits per heavy atom. The van der Waals surface area contributed by atoms with Gasteiger partial charge in [-0.15, -0.1) is 6.58 Å². The average molecular weight is 278 g/mol. The summed E-state index contributed by atoms with van der Waals surface area (Å²) in [5.41, 5.74) is 3.12. The molecule has 0 aliphatic heterocycles. The second-order valence-corrected chi connectivity index (χ2v) is 5.26. The van der Waals surface area contributed by atoms with Crippen LogP contribution < -0.4 is 0 Å². The van der Waals surface area contributed by atoms with Crippen molar-refractivity contribution in [3.05, 3.63) is 84.4 Å². The fourth-order valence-corrected chi connectivity index (χ4v) is 2.45. The van der Waals surface area contributed by atoms with Gasteiger partial charge < -0.3 is 4.74 Å². The molecule has 0 aliphatic carbocycles. The summed E-state index contributed by atoms with van der Waals surface area (Å²) in [4.78, 5) is 0. The van der Waals surface area contributed by atoms with E-state index in [9.17, 15) is 0 Å². The first-order valence-electron chi connectivity index (χ1n) is 7.18. The molecule has 1 atom stereocenters. The van der Waals surface area contributed by atoms with E-state index in [0.29, 0.717) is 0 Å². The van der Waals surface area contributed by atoms with Gasteiger partial charge in [0.1, 0.15) is 0 Å². The monoisotopic (exact) mass is 278 g/mol. The first-order chi connectivity index (χ1) is 10.2.